The highest BCUT2D eigenvalue weighted by molar-refractivity contribution is 7.98. The molecule has 1 aromatic carbocycles. The highest BCUT2D eigenvalue weighted by Crippen LogP contribution is 2.30. The Labute approximate surface area is 153 Å². The van der Waals surface area contributed by atoms with Crippen LogP contribution in [0.1, 0.15) is 38.8 Å². The van der Waals surface area contributed by atoms with Crippen LogP contribution in [0.15, 0.2) is 29.4 Å². The summed E-state index contributed by atoms with van der Waals surface area (Å²) in [6.07, 6.45) is 1.36. The lowest BCUT2D eigenvalue weighted by atomic mass is 9.86. The fourth-order valence-electron chi connectivity index (χ4n) is 2.35. The molecular formula is C19H24N4OS. The van der Waals surface area contributed by atoms with E-state index in [2.05, 4.69) is 54.3 Å². The minimum Gasteiger partial charge on any atom is -0.392 e. The van der Waals surface area contributed by atoms with Gasteiger partial charge in [0.05, 0.1) is 11.8 Å². The van der Waals surface area contributed by atoms with Gasteiger partial charge in [-0.25, -0.2) is 9.97 Å². The molecule has 1 atom stereocenters. The zero-order chi connectivity index (χ0) is 18.6. The van der Waals surface area contributed by atoms with Crippen LogP contribution >= 0.6 is 11.8 Å². The molecule has 1 heterocycles. The van der Waals surface area contributed by atoms with E-state index >= 15 is 0 Å². The quantitative estimate of drug-likeness (QED) is 0.626. The van der Waals surface area contributed by atoms with E-state index in [9.17, 15) is 10.4 Å². The van der Waals surface area contributed by atoms with E-state index in [0.717, 1.165) is 5.56 Å². The van der Waals surface area contributed by atoms with E-state index in [4.69, 9.17) is 0 Å². The van der Waals surface area contributed by atoms with Crippen LogP contribution < -0.4 is 5.32 Å². The lowest BCUT2D eigenvalue weighted by Gasteiger charge is -2.19. The fourth-order valence-corrected chi connectivity index (χ4v) is 2.71. The zero-order valence-electron chi connectivity index (χ0n) is 15.3. The van der Waals surface area contributed by atoms with Gasteiger partial charge in [-0.1, -0.05) is 56.8 Å². The average molecular weight is 356 g/mol. The monoisotopic (exact) mass is 356 g/mol. The van der Waals surface area contributed by atoms with Crippen molar-refractivity contribution < 1.29 is 5.11 Å². The molecule has 0 aliphatic carbocycles. The number of benzene rings is 1. The van der Waals surface area contributed by atoms with Gasteiger partial charge in [-0.15, -0.1) is 0 Å². The van der Waals surface area contributed by atoms with Gasteiger partial charge in [0.15, 0.2) is 5.16 Å². The summed E-state index contributed by atoms with van der Waals surface area (Å²) in [6.45, 7) is 8.50. The van der Waals surface area contributed by atoms with E-state index < -0.39 is 6.10 Å². The number of nitriles is 1. The van der Waals surface area contributed by atoms with E-state index in [-0.39, 0.29) is 5.41 Å². The second-order valence-electron chi connectivity index (χ2n) is 6.95. The van der Waals surface area contributed by atoms with Crippen LogP contribution in [0.4, 0.5) is 5.82 Å². The summed E-state index contributed by atoms with van der Waals surface area (Å²) < 4.78 is 0. The first kappa shape index (κ1) is 19.2. The Morgan fingerprint density at radius 2 is 1.88 bits per heavy atom. The molecule has 0 bridgehead atoms. The van der Waals surface area contributed by atoms with Crippen LogP contribution in [0.5, 0.6) is 0 Å². The van der Waals surface area contributed by atoms with Crippen LogP contribution in [-0.2, 0) is 5.41 Å². The van der Waals surface area contributed by atoms with Crippen molar-refractivity contribution in [2.75, 3.05) is 18.1 Å². The molecule has 0 saturated heterocycles. The summed E-state index contributed by atoms with van der Waals surface area (Å²) in [5, 5.41) is 22.8. The summed E-state index contributed by atoms with van der Waals surface area (Å²) in [6, 6.07) is 10.3. The molecule has 0 saturated carbocycles. The largest absolute Gasteiger partial charge is 0.392 e. The first-order chi connectivity index (χ1) is 11.8. The van der Waals surface area contributed by atoms with Gasteiger partial charge in [-0.05, 0) is 24.2 Å². The van der Waals surface area contributed by atoms with Gasteiger partial charge in [0.2, 0.25) is 0 Å². The Kier molecular flexibility index (Phi) is 6.04. The molecule has 0 spiro atoms. The number of anilines is 1. The molecule has 25 heavy (non-hydrogen) atoms. The number of thioether (sulfide) groups is 1. The second-order valence-corrected chi connectivity index (χ2v) is 7.72. The lowest BCUT2D eigenvalue weighted by Crippen LogP contribution is -2.17. The van der Waals surface area contributed by atoms with Gasteiger partial charge in [-0.3, -0.25) is 0 Å². The molecule has 132 valence electrons. The Morgan fingerprint density at radius 3 is 2.36 bits per heavy atom. The third kappa shape index (κ3) is 4.71. The molecule has 5 nitrogen and oxygen atoms in total. The number of aliphatic hydroxyl groups is 1. The third-order valence-corrected chi connectivity index (χ3v) is 4.32. The molecule has 2 aromatic rings. The van der Waals surface area contributed by atoms with Crippen molar-refractivity contribution in [3.05, 3.63) is 35.4 Å². The Hall–Kier alpha value is -2.10. The Balaban J connectivity index is 2.52. The fraction of sp³-hybridized carbons (Fsp3) is 0.421. The molecule has 0 unspecified atom stereocenters. The SMILES string of the molecule is CSc1nc(NC[C@H](C)O)c(C#N)c(-c2ccc(C(C)(C)C)cc2)n1. The predicted octanol–water partition coefficient (Wildman–Crippen LogP) is 3.83. The van der Waals surface area contributed by atoms with Crippen molar-refractivity contribution >= 4 is 17.6 Å². The smallest absolute Gasteiger partial charge is 0.189 e. The van der Waals surface area contributed by atoms with Crippen LogP contribution in [0.3, 0.4) is 0 Å². The normalized spacial score (nSPS) is 12.5. The number of aromatic nitrogens is 2. The molecule has 6 heteroatoms. The summed E-state index contributed by atoms with van der Waals surface area (Å²) in [5.74, 6) is 0.456. The van der Waals surface area contributed by atoms with Crippen LogP contribution in [0.25, 0.3) is 11.3 Å². The molecule has 0 amide bonds. The lowest BCUT2D eigenvalue weighted by molar-refractivity contribution is 0.208. The number of nitrogens with zero attached hydrogens (tertiary/aromatic N) is 3. The van der Waals surface area contributed by atoms with Gasteiger partial charge in [-0.2, -0.15) is 5.26 Å². The number of nitrogens with one attached hydrogen (secondary N) is 1. The van der Waals surface area contributed by atoms with E-state index in [0.29, 0.717) is 28.8 Å². The van der Waals surface area contributed by atoms with E-state index in [1.54, 1.807) is 6.92 Å². The highest BCUT2D eigenvalue weighted by Gasteiger charge is 2.18. The standard InChI is InChI=1S/C19H24N4OS/c1-12(24)11-21-17-15(10-20)16(22-18(23-17)25-5)13-6-8-14(9-7-13)19(2,3)4/h6-9,12,24H,11H2,1-5H3,(H,21,22,23)/t12-/m0/s1. The summed E-state index contributed by atoms with van der Waals surface area (Å²) >= 11 is 1.42. The van der Waals surface area contributed by atoms with Crippen molar-refractivity contribution in [1.29, 1.82) is 5.26 Å². The van der Waals surface area contributed by atoms with Crippen LogP contribution in [0, 0.1) is 11.3 Å². The van der Waals surface area contributed by atoms with Crippen molar-refractivity contribution in [3.8, 4) is 17.3 Å². The maximum atomic E-state index is 9.63. The second kappa shape index (κ2) is 7.85. The molecule has 0 fully saturated rings. The van der Waals surface area contributed by atoms with Gasteiger partial charge >= 0.3 is 0 Å². The number of rotatable bonds is 5. The summed E-state index contributed by atoms with van der Waals surface area (Å²) in [4.78, 5) is 8.92. The van der Waals surface area contributed by atoms with Gasteiger partial charge in [0, 0.05) is 12.1 Å². The van der Waals surface area contributed by atoms with Crippen molar-refractivity contribution in [2.45, 2.75) is 44.4 Å². The first-order valence-corrected chi connectivity index (χ1v) is 9.37. The van der Waals surface area contributed by atoms with Crippen molar-refractivity contribution in [1.82, 2.24) is 9.97 Å². The maximum Gasteiger partial charge on any atom is 0.189 e. The Bertz CT molecular complexity index is 774. The molecule has 0 aliphatic heterocycles. The molecule has 0 radical (unpaired) electrons. The van der Waals surface area contributed by atoms with E-state index in [1.807, 2.05) is 18.4 Å². The molecule has 2 N–H and O–H groups in total. The molecule has 2 rings (SSSR count). The summed E-state index contributed by atoms with van der Waals surface area (Å²) in [5.41, 5.74) is 3.16. The molecule has 0 aliphatic rings. The van der Waals surface area contributed by atoms with E-state index in [1.165, 1.54) is 17.3 Å². The van der Waals surface area contributed by atoms with Crippen LogP contribution in [-0.4, -0.2) is 34.0 Å². The van der Waals surface area contributed by atoms with Crippen molar-refractivity contribution in [2.24, 2.45) is 0 Å². The minimum atomic E-state index is -0.534. The third-order valence-electron chi connectivity index (χ3n) is 3.77. The van der Waals surface area contributed by atoms with Crippen molar-refractivity contribution in [3.63, 3.8) is 0 Å². The van der Waals surface area contributed by atoms with Gasteiger partial charge in [0.1, 0.15) is 17.5 Å². The summed E-state index contributed by atoms with van der Waals surface area (Å²) in [7, 11) is 0. The maximum absolute atomic E-state index is 9.63. The Morgan fingerprint density at radius 1 is 1.24 bits per heavy atom. The molecular weight excluding hydrogens is 332 g/mol. The van der Waals surface area contributed by atoms with Gasteiger partial charge < -0.3 is 10.4 Å². The highest BCUT2D eigenvalue weighted by atomic mass is 32.2. The topological polar surface area (TPSA) is 81.8 Å². The number of aliphatic hydroxyl groups excluding tert-OH is 1. The average Bonchev–Trinajstić information content (AvgIpc) is 2.58. The van der Waals surface area contributed by atoms with Crippen LogP contribution in [0.2, 0.25) is 0 Å². The number of hydrogen-bond acceptors (Lipinski definition) is 6. The predicted molar refractivity (Wildman–Crippen MR) is 103 cm³/mol. The minimum absolute atomic E-state index is 0.0661. The zero-order valence-corrected chi connectivity index (χ0v) is 16.1. The first-order valence-electron chi connectivity index (χ1n) is 8.15. The van der Waals surface area contributed by atoms with Gasteiger partial charge in [0.25, 0.3) is 0 Å². The molecule has 1 aromatic heterocycles. The number of hydrogen-bond donors (Lipinski definition) is 2.